The van der Waals surface area contributed by atoms with Gasteiger partial charge in [-0.05, 0) is 42.9 Å². The molecule has 0 saturated carbocycles. The molecule has 5 nitrogen and oxygen atoms in total. The lowest BCUT2D eigenvalue weighted by Crippen LogP contribution is -2.17. The summed E-state index contributed by atoms with van der Waals surface area (Å²) in [5.74, 6) is -0.472. The fourth-order valence-corrected chi connectivity index (χ4v) is 3.15. The number of nitrogens with one attached hydrogen (secondary N) is 1. The van der Waals surface area contributed by atoms with Crippen LogP contribution in [-0.4, -0.2) is 24.0 Å². The van der Waals surface area contributed by atoms with Crippen molar-refractivity contribution in [3.63, 3.8) is 0 Å². The molecule has 2 aromatic rings. The molecule has 126 valence electrons. The lowest BCUT2D eigenvalue weighted by Gasteiger charge is -2.25. The van der Waals surface area contributed by atoms with Crippen molar-refractivity contribution in [3.05, 3.63) is 59.4 Å². The van der Waals surface area contributed by atoms with Gasteiger partial charge >= 0.3 is 0 Å². The van der Waals surface area contributed by atoms with Crippen molar-refractivity contribution < 1.29 is 9.53 Å². The van der Waals surface area contributed by atoms with Gasteiger partial charge in [-0.25, -0.2) is 0 Å². The van der Waals surface area contributed by atoms with Crippen LogP contribution >= 0.6 is 0 Å². The number of nitrogens with zero attached hydrogens (tertiary/aromatic N) is 1. The van der Waals surface area contributed by atoms with Gasteiger partial charge < -0.3 is 15.8 Å². The van der Waals surface area contributed by atoms with E-state index in [1.165, 1.54) is 23.7 Å². The Morgan fingerprint density at radius 1 is 1.33 bits per heavy atom. The molecule has 24 heavy (non-hydrogen) atoms. The van der Waals surface area contributed by atoms with Crippen molar-refractivity contribution in [1.29, 1.82) is 0 Å². The number of carbonyl (C=O) groups excluding carboxylic acids is 1. The summed E-state index contributed by atoms with van der Waals surface area (Å²) in [5, 5.41) is 3.23. The molecule has 1 heterocycles. The van der Waals surface area contributed by atoms with E-state index in [1.54, 1.807) is 12.3 Å². The first-order valence-corrected chi connectivity index (χ1v) is 8.43. The van der Waals surface area contributed by atoms with E-state index in [0.717, 1.165) is 31.5 Å². The molecule has 0 saturated heterocycles. The first-order valence-electron chi connectivity index (χ1n) is 8.43. The Hall–Kier alpha value is -2.40. The van der Waals surface area contributed by atoms with Crippen molar-refractivity contribution in [3.8, 4) is 0 Å². The van der Waals surface area contributed by atoms with E-state index in [9.17, 15) is 4.79 Å². The molecule has 3 N–H and O–H groups in total. The van der Waals surface area contributed by atoms with Crippen molar-refractivity contribution in [1.82, 2.24) is 4.98 Å². The molecule has 1 aromatic carbocycles. The maximum absolute atomic E-state index is 11.4. The highest BCUT2D eigenvalue weighted by atomic mass is 16.5. The molecule has 1 atom stereocenters. The minimum Gasteiger partial charge on any atom is -0.384 e. The maximum atomic E-state index is 11.4. The van der Waals surface area contributed by atoms with Gasteiger partial charge in [0.25, 0.3) is 5.91 Å². The fourth-order valence-electron chi connectivity index (χ4n) is 3.15. The second kappa shape index (κ2) is 7.93. The third-order valence-corrected chi connectivity index (χ3v) is 4.36. The Labute approximate surface area is 142 Å². The molecule has 1 aliphatic carbocycles. The average molecular weight is 325 g/mol. The number of nitrogens with two attached hydrogens (primary N) is 1. The Morgan fingerprint density at radius 2 is 2.21 bits per heavy atom. The average Bonchev–Trinajstić information content (AvgIpc) is 2.62. The predicted octanol–water partition coefficient (Wildman–Crippen LogP) is 3.08. The summed E-state index contributed by atoms with van der Waals surface area (Å²) in [6.07, 6.45) is 7.61. The number of pyridine rings is 1. The van der Waals surface area contributed by atoms with E-state index in [-0.39, 0.29) is 6.10 Å². The molecular formula is C19H23N3O2. The zero-order chi connectivity index (χ0) is 16.8. The number of fused-ring (bicyclic) bond motifs is 1. The van der Waals surface area contributed by atoms with Crippen LogP contribution in [0.3, 0.4) is 0 Å². The summed E-state index contributed by atoms with van der Waals surface area (Å²) in [7, 11) is 0. The Kier molecular flexibility index (Phi) is 5.43. The molecule has 0 fully saturated rings. The van der Waals surface area contributed by atoms with Crippen LogP contribution in [0.1, 0.15) is 46.9 Å². The van der Waals surface area contributed by atoms with Crippen LogP contribution in [0.4, 0.5) is 5.69 Å². The van der Waals surface area contributed by atoms with Crippen molar-refractivity contribution in [2.24, 2.45) is 5.73 Å². The number of amides is 1. The van der Waals surface area contributed by atoms with Crippen molar-refractivity contribution >= 4 is 11.6 Å². The van der Waals surface area contributed by atoms with Gasteiger partial charge in [0, 0.05) is 25.5 Å². The number of hydrogen-bond acceptors (Lipinski definition) is 4. The van der Waals surface area contributed by atoms with Crippen LogP contribution in [-0.2, 0) is 11.2 Å². The number of anilines is 1. The number of ether oxygens (including phenoxy) is 1. The summed E-state index contributed by atoms with van der Waals surface area (Å²) in [6.45, 7) is 1.40. The topological polar surface area (TPSA) is 77.2 Å². The third kappa shape index (κ3) is 3.92. The van der Waals surface area contributed by atoms with E-state index in [0.29, 0.717) is 12.2 Å². The molecule has 1 aliphatic rings. The summed E-state index contributed by atoms with van der Waals surface area (Å²) in [5.41, 5.74) is 9.23. The predicted molar refractivity (Wildman–Crippen MR) is 93.9 cm³/mol. The van der Waals surface area contributed by atoms with Crippen LogP contribution in [0.2, 0.25) is 0 Å². The van der Waals surface area contributed by atoms with Gasteiger partial charge in [-0.2, -0.15) is 0 Å². The zero-order valence-electron chi connectivity index (χ0n) is 13.7. The van der Waals surface area contributed by atoms with E-state index in [1.807, 2.05) is 0 Å². The van der Waals surface area contributed by atoms with Gasteiger partial charge in [-0.15, -0.1) is 0 Å². The van der Waals surface area contributed by atoms with Crippen LogP contribution in [0.5, 0.6) is 0 Å². The van der Waals surface area contributed by atoms with Crippen LogP contribution in [0.15, 0.2) is 42.7 Å². The van der Waals surface area contributed by atoms with Crippen molar-refractivity contribution in [2.75, 3.05) is 18.5 Å². The first kappa shape index (κ1) is 16.5. The molecule has 1 aromatic heterocycles. The van der Waals surface area contributed by atoms with Gasteiger partial charge in [0.05, 0.1) is 17.4 Å². The normalized spacial score (nSPS) is 16.4. The highest BCUT2D eigenvalue weighted by Gasteiger charge is 2.19. The number of hydrogen-bond donors (Lipinski definition) is 2. The number of aromatic nitrogens is 1. The van der Waals surface area contributed by atoms with Crippen LogP contribution in [0, 0.1) is 0 Å². The summed E-state index contributed by atoms with van der Waals surface area (Å²) >= 11 is 0. The van der Waals surface area contributed by atoms with E-state index < -0.39 is 5.91 Å². The molecule has 3 rings (SSSR count). The van der Waals surface area contributed by atoms with Gasteiger partial charge in [0.1, 0.15) is 0 Å². The van der Waals surface area contributed by atoms with E-state index in [2.05, 4.69) is 34.6 Å². The van der Waals surface area contributed by atoms with E-state index in [4.69, 9.17) is 10.5 Å². The van der Waals surface area contributed by atoms with Gasteiger partial charge in [-0.1, -0.05) is 24.3 Å². The molecule has 1 unspecified atom stereocenters. The second-order valence-corrected chi connectivity index (χ2v) is 6.02. The molecule has 0 aliphatic heterocycles. The minimum atomic E-state index is -0.472. The van der Waals surface area contributed by atoms with Crippen molar-refractivity contribution in [2.45, 2.75) is 31.8 Å². The Morgan fingerprint density at radius 3 is 3.08 bits per heavy atom. The summed E-state index contributed by atoms with van der Waals surface area (Å²) in [6, 6.07) is 10.3. The Bertz CT molecular complexity index is 703. The highest BCUT2D eigenvalue weighted by Crippen LogP contribution is 2.32. The van der Waals surface area contributed by atoms with E-state index >= 15 is 0 Å². The molecule has 5 heteroatoms. The molecule has 0 bridgehead atoms. The van der Waals surface area contributed by atoms with Gasteiger partial charge in [-0.3, -0.25) is 9.78 Å². The maximum Gasteiger partial charge on any atom is 0.252 e. The SMILES string of the molecule is NC(=O)c1cnccc1NCCCOC1CCCc2ccccc21. The number of primary amides is 1. The monoisotopic (exact) mass is 325 g/mol. The van der Waals surface area contributed by atoms with Crippen LogP contribution in [0.25, 0.3) is 0 Å². The lowest BCUT2D eigenvalue weighted by atomic mass is 9.89. The Balaban J connectivity index is 1.46. The number of carbonyl (C=O) groups is 1. The minimum absolute atomic E-state index is 0.206. The zero-order valence-corrected chi connectivity index (χ0v) is 13.7. The molecular weight excluding hydrogens is 302 g/mol. The summed E-state index contributed by atoms with van der Waals surface area (Å²) in [4.78, 5) is 15.3. The lowest BCUT2D eigenvalue weighted by molar-refractivity contribution is 0.0406. The third-order valence-electron chi connectivity index (χ3n) is 4.36. The summed E-state index contributed by atoms with van der Waals surface area (Å²) < 4.78 is 6.08. The second-order valence-electron chi connectivity index (χ2n) is 6.02. The molecule has 1 amide bonds. The smallest absolute Gasteiger partial charge is 0.252 e. The fraction of sp³-hybridized carbons (Fsp3) is 0.368. The number of rotatable bonds is 7. The first-order chi connectivity index (χ1) is 11.8. The quantitative estimate of drug-likeness (QED) is 0.767. The van der Waals surface area contributed by atoms with Gasteiger partial charge in [0.2, 0.25) is 0 Å². The standard InChI is InChI=1S/C19H23N3O2/c20-19(23)16-13-21-11-9-17(16)22-10-4-12-24-18-8-3-6-14-5-1-2-7-15(14)18/h1-2,5,7,9,11,13,18H,3-4,6,8,10,12H2,(H2,20,23)(H,21,22). The number of aryl methyl sites for hydroxylation is 1. The number of benzene rings is 1. The molecule has 0 radical (unpaired) electrons. The van der Waals surface area contributed by atoms with Crippen LogP contribution < -0.4 is 11.1 Å². The largest absolute Gasteiger partial charge is 0.384 e. The van der Waals surface area contributed by atoms with Gasteiger partial charge in [0.15, 0.2) is 0 Å². The highest BCUT2D eigenvalue weighted by molar-refractivity contribution is 5.98. The molecule has 0 spiro atoms.